The highest BCUT2D eigenvalue weighted by atomic mass is 16.7. The van der Waals surface area contributed by atoms with Gasteiger partial charge in [-0.2, -0.15) is 0 Å². The van der Waals surface area contributed by atoms with Crippen molar-refractivity contribution in [2.45, 2.75) is 25.2 Å². The summed E-state index contributed by atoms with van der Waals surface area (Å²) in [6.45, 7) is 1.57. The number of aliphatic hydroxyl groups excluding tert-OH is 1. The number of hydrogen-bond donors (Lipinski definition) is 2. The van der Waals surface area contributed by atoms with Crippen LogP contribution >= 0.6 is 0 Å². The van der Waals surface area contributed by atoms with Gasteiger partial charge >= 0.3 is 5.97 Å². The molecule has 0 amide bonds. The lowest BCUT2D eigenvalue weighted by Crippen LogP contribution is -2.43. The molecular formula is C19H18O6. The molecule has 0 radical (unpaired) electrons. The predicted octanol–water partition coefficient (Wildman–Crippen LogP) is 2.60. The van der Waals surface area contributed by atoms with Crippen LogP contribution in [-0.2, 0) is 10.5 Å². The Bertz CT molecular complexity index is 799. The molecule has 25 heavy (non-hydrogen) atoms. The number of rotatable bonds is 5. The van der Waals surface area contributed by atoms with E-state index in [-0.39, 0.29) is 35.7 Å². The number of aliphatic hydroxyl groups is 1. The van der Waals surface area contributed by atoms with Crippen molar-refractivity contribution in [2.24, 2.45) is 0 Å². The monoisotopic (exact) mass is 342 g/mol. The Morgan fingerprint density at radius 1 is 1.28 bits per heavy atom. The third-order valence-corrected chi connectivity index (χ3v) is 3.97. The molecule has 2 aromatic rings. The van der Waals surface area contributed by atoms with Gasteiger partial charge in [0.05, 0.1) is 30.3 Å². The molecule has 2 unspecified atom stereocenters. The Labute approximate surface area is 144 Å². The maximum Gasteiger partial charge on any atom is 0.335 e. The predicted molar refractivity (Wildman–Crippen MR) is 88.7 cm³/mol. The lowest BCUT2D eigenvalue weighted by atomic mass is 9.92. The lowest BCUT2D eigenvalue weighted by molar-refractivity contribution is -0.204. The Hall–Kier alpha value is -2.70. The SMILES string of the molecule is CC(O)COC1(c2ccccc2)CC(=O)c2cc(C(=O)O)ccc2O1. The first-order chi connectivity index (χ1) is 11.9. The number of ketones is 1. The van der Waals surface area contributed by atoms with Crippen LogP contribution in [0.15, 0.2) is 48.5 Å². The first kappa shape index (κ1) is 17.1. The molecule has 1 aliphatic heterocycles. The van der Waals surface area contributed by atoms with Crippen LogP contribution in [0.5, 0.6) is 5.75 Å². The van der Waals surface area contributed by atoms with Gasteiger partial charge in [0.1, 0.15) is 5.75 Å². The summed E-state index contributed by atoms with van der Waals surface area (Å²) in [6, 6.07) is 13.2. The first-order valence-corrected chi connectivity index (χ1v) is 7.88. The number of carboxylic acids is 1. The number of carbonyl (C=O) groups is 2. The molecular weight excluding hydrogens is 324 g/mol. The van der Waals surface area contributed by atoms with Crippen LogP contribution in [0, 0.1) is 0 Å². The highest BCUT2D eigenvalue weighted by molar-refractivity contribution is 6.02. The Balaban J connectivity index is 2.03. The number of benzene rings is 2. The summed E-state index contributed by atoms with van der Waals surface area (Å²) in [6.07, 6.45) is -0.838. The fourth-order valence-electron chi connectivity index (χ4n) is 2.76. The van der Waals surface area contributed by atoms with E-state index in [1.165, 1.54) is 18.2 Å². The number of hydrogen-bond acceptors (Lipinski definition) is 5. The van der Waals surface area contributed by atoms with E-state index in [4.69, 9.17) is 14.6 Å². The van der Waals surface area contributed by atoms with Crippen molar-refractivity contribution in [1.82, 2.24) is 0 Å². The zero-order chi connectivity index (χ0) is 18.0. The largest absolute Gasteiger partial charge is 0.478 e. The average molecular weight is 342 g/mol. The molecule has 6 nitrogen and oxygen atoms in total. The van der Waals surface area contributed by atoms with E-state index < -0.39 is 17.9 Å². The van der Waals surface area contributed by atoms with Gasteiger partial charge in [0, 0.05) is 5.56 Å². The molecule has 2 aromatic carbocycles. The second kappa shape index (κ2) is 6.66. The molecule has 130 valence electrons. The first-order valence-electron chi connectivity index (χ1n) is 7.88. The summed E-state index contributed by atoms with van der Waals surface area (Å²) < 4.78 is 11.8. The van der Waals surface area contributed by atoms with Gasteiger partial charge in [0.15, 0.2) is 5.78 Å². The van der Waals surface area contributed by atoms with E-state index in [2.05, 4.69) is 0 Å². The molecule has 1 heterocycles. The standard InChI is InChI=1S/C19H18O6/c1-12(20)11-24-19(14-5-3-2-4-6-14)10-16(21)15-9-13(18(22)23)7-8-17(15)25-19/h2-9,12,20H,10-11H2,1H3,(H,22,23). The zero-order valence-corrected chi connectivity index (χ0v) is 13.6. The summed E-state index contributed by atoms with van der Waals surface area (Å²) in [4.78, 5) is 23.8. The van der Waals surface area contributed by atoms with Gasteiger partial charge in [0.25, 0.3) is 0 Å². The number of carboxylic acid groups (broad SMARTS) is 1. The minimum Gasteiger partial charge on any atom is -0.478 e. The highest BCUT2D eigenvalue weighted by Gasteiger charge is 2.43. The molecule has 0 aromatic heterocycles. The van der Waals surface area contributed by atoms with Gasteiger partial charge in [-0.25, -0.2) is 4.79 Å². The molecule has 3 rings (SSSR count). The number of aromatic carboxylic acids is 1. The fraction of sp³-hybridized carbons (Fsp3) is 0.263. The summed E-state index contributed by atoms with van der Waals surface area (Å²) >= 11 is 0. The molecule has 0 fully saturated rings. The number of carbonyl (C=O) groups excluding carboxylic acids is 1. The Morgan fingerprint density at radius 2 is 2.00 bits per heavy atom. The van der Waals surface area contributed by atoms with Crippen LogP contribution < -0.4 is 4.74 Å². The smallest absolute Gasteiger partial charge is 0.335 e. The van der Waals surface area contributed by atoms with E-state index in [0.29, 0.717) is 5.56 Å². The summed E-state index contributed by atoms with van der Waals surface area (Å²) in [5, 5.41) is 18.7. The van der Waals surface area contributed by atoms with Gasteiger partial charge in [-0.1, -0.05) is 30.3 Å². The topological polar surface area (TPSA) is 93.1 Å². The fourth-order valence-corrected chi connectivity index (χ4v) is 2.76. The molecule has 2 atom stereocenters. The third kappa shape index (κ3) is 3.40. The molecule has 6 heteroatoms. The van der Waals surface area contributed by atoms with Crippen LogP contribution in [0.2, 0.25) is 0 Å². The normalized spacial score (nSPS) is 20.5. The molecule has 0 spiro atoms. The number of Topliss-reactive ketones (excluding diaryl/α,β-unsaturated/α-hetero) is 1. The van der Waals surface area contributed by atoms with Gasteiger partial charge < -0.3 is 19.7 Å². The van der Waals surface area contributed by atoms with E-state index in [9.17, 15) is 14.7 Å². The third-order valence-electron chi connectivity index (χ3n) is 3.97. The molecule has 0 aliphatic carbocycles. The van der Waals surface area contributed by atoms with Crippen molar-refractivity contribution in [3.8, 4) is 5.75 Å². The minimum atomic E-state index is -1.35. The second-order valence-electron chi connectivity index (χ2n) is 6.00. The van der Waals surface area contributed by atoms with E-state index in [1.807, 2.05) is 6.07 Å². The van der Waals surface area contributed by atoms with Crippen molar-refractivity contribution in [2.75, 3.05) is 6.61 Å². The quantitative estimate of drug-likeness (QED) is 0.867. The highest BCUT2D eigenvalue weighted by Crippen LogP contribution is 2.41. The van der Waals surface area contributed by atoms with Gasteiger partial charge in [-0.05, 0) is 25.1 Å². The summed E-state index contributed by atoms with van der Waals surface area (Å²) in [5.74, 6) is -2.48. The maximum atomic E-state index is 12.7. The van der Waals surface area contributed by atoms with Crippen LogP contribution in [0.1, 0.15) is 39.6 Å². The zero-order valence-electron chi connectivity index (χ0n) is 13.6. The maximum absolute atomic E-state index is 12.7. The number of ether oxygens (including phenoxy) is 2. The second-order valence-corrected chi connectivity index (χ2v) is 6.00. The van der Waals surface area contributed by atoms with E-state index >= 15 is 0 Å². The Morgan fingerprint density at radius 3 is 2.64 bits per heavy atom. The minimum absolute atomic E-state index is 0.00921. The van der Waals surface area contributed by atoms with Gasteiger partial charge in [0.2, 0.25) is 5.79 Å². The van der Waals surface area contributed by atoms with Gasteiger partial charge in [-0.15, -0.1) is 0 Å². The summed E-state index contributed by atoms with van der Waals surface area (Å²) in [5.41, 5.74) is 0.886. The average Bonchev–Trinajstić information content (AvgIpc) is 2.60. The van der Waals surface area contributed by atoms with Crippen LogP contribution in [0.4, 0.5) is 0 Å². The molecule has 0 saturated carbocycles. The molecule has 2 N–H and O–H groups in total. The van der Waals surface area contributed by atoms with E-state index in [0.717, 1.165) is 0 Å². The van der Waals surface area contributed by atoms with Gasteiger partial charge in [-0.3, -0.25) is 4.79 Å². The lowest BCUT2D eigenvalue weighted by Gasteiger charge is -2.38. The van der Waals surface area contributed by atoms with Crippen LogP contribution in [0.25, 0.3) is 0 Å². The van der Waals surface area contributed by atoms with Crippen molar-refractivity contribution >= 4 is 11.8 Å². The van der Waals surface area contributed by atoms with Crippen LogP contribution in [-0.4, -0.2) is 34.7 Å². The molecule has 0 bridgehead atoms. The van der Waals surface area contributed by atoms with Crippen molar-refractivity contribution in [3.05, 3.63) is 65.2 Å². The molecule has 1 aliphatic rings. The number of fused-ring (bicyclic) bond motifs is 1. The van der Waals surface area contributed by atoms with Crippen LogP contribution in [0.3, 0.4) is 0 Å². The van der Waals surface area contributed by atoms with E-state index in [1.54, 1.807) is 31.2 Å². The van der Waals surface area contributed by atoms with Crippen molar-refractivity contribution in [3.63, 3.8) is 0 Å². The van der Waals surface area contributed by atoms with Crippen molar-refractivity contribution in [1.29, 1.82) is 0 Å². The van der Waals surface area contributed by atoms with Crippen molar-refractivity contribution < 1.29 is 29.3 Å². The Kier molecular flexibility index (Phi) is 4.57. The summed E-state index contributed by atoms with van der Waals surface area (Å²) in [7, 11) is 0. The molecule has 0 saturated heterocycles.